The monoisotopic (exact) mass is 247 g/mol. The lowest BCUT2D eigenvalue weighted by atomic mass is 10.00. The first-order valence-electron chi connectivity index (χ1n) is 4.05. The fraction of sp³-hybridized carbons (Fsp3) is 0.556. The molecule has 3 heteroatoms. The van der Waals surface area contributed by atoms with Gasteiger partial charge in [-0.05, 0) is 39.9 Å². The predicted molar refractivity (Wildman–Crippen MR) is 58.7 cm³/mol. The summed E-state index contributed by atoms with van der Waals surface area (Å²) in [6, 6.07) is 0. The molecule has 0 unspecified atom stereocenters. The van der Waals surface area contributed by atoms with Crippen molar-refractivity contribution < 1.29 is 0 Å². The summed E-state index contributed by atoms with van der Waals surface area (Å²) in [5, 5.41) is 0. The zero-order valence-corrected chi connectivity index (χ0v) is 10.1. The molecule has 0 spiro atoms. The Bertz CT molecular complexity index is 278. The van der Waals surface area contributed by atoms with Crippen LogP contribution in [0.4, 0.5) is 0 Å². The zero-order chi connectivity index (χ0) is 9.30. The average Bonchev–Trinajstić information content (AvgIpc) is 2.24. The van der Waals surface area contributed by atoms with Gasteiger partial charge in [-0.3, -0.25) is 0 Å². The third-order valence-corrected chi connectivity index (χ3v) is 3.88. The van der Waals surface area contributed by atoms with Gasteiger partial charge in [0.15, 0.2) is 0 Å². The van der Waals surface area contributed by atoms with Gasteiger partial charge in [0.2, 0.25) is 0 Å². The highest BCUT2D eigenvalue weighted by molar-refractivity contribution is 9.11. The van der Waals surface area contributed by atoms with Crippen LogP contribution >= 0.6 is 27.3 Å². The molecule has 1 rings (SSSR count). The molecule has 0 saturated carbocycles. The Morgan fingerprint density at radius 1 is 1.50 bits per heavy atom. The molecule has 12 heavy (non-hydrogen) atoms. The van der Waals surface area contributed by atoms with E-state index in [0.717, 1.165) is 0 Å². The number of nitrogens with two attached hydrogens (primary N) is 1. The van der Waals surface area contributed by atoms with Crippen molar-refractivity contribution in [3.8, 4) is 0 Å². The Morgan fingerprint density at radius 2 is 2.08 bits per heavy atom. The van der Waals surface area contributed by atoms with Gasteiger partial charge >= 0.3 is 0 Å². The van der Waals surface area contributed by atoms with Gasteiger partial charge in [0, 0.05) is 11.4 Å². The third-order valence-electron chi connectivity index (χ3n) is 1.97. The summed E-state index contributed by atoms with van der Waals surface area (Å²) in [5.74, 6) is 0.575. The second-order valence-electron chi connectivity index (χ2n) is 3.18. The Kier molecular flexibility index (Phi) is 3.32. The van der Waals surface area contributed by atoms with E-state index in [1.807, 2.05) is 0 Å². The largest absolute Gasteiger partial charge is 0.326 e. The van der Waals surface area contributed by atoms with Gasteiger partial charge in [0.25, 0.3) is 0 Å². The highest BCUT2D eigenvalue weighted by Gasteiger charge is 2.14. The SMILES string of the molecule is Cc1sc(Br)c(CN)c1C(C)C. The van der Waals surface area contributed by atoms with E-state index in [2.05, 4.69) is 36.7 Å². The summed E-state index contributed by atoms with van der Waals surface area (Å²) in [5.41, 5.74) is 8.39. The molecule has 2 N–H and O–H groups in total. The Morgan fingerprint density at radius 3 is 2.42 bits per heavy atom. The number of hydrogen-bond acceptors (Lipinski definition) is 2. The average molecular weight is 248 g/mol. The number of aryl methyl sites for hydroxylation is 1. The molecule has 0 aromatic carbocycles. The third kappa shape index (κ3) is 1.73. The molecule has 0 bridgehead atoms. The zero-order valence-electron chi connectivity index (χ0n) is 7.65. The highest BCUT2D eigenvalue weighted by Crippen LogP contribution is 2.36. The van der Waals surface area contributed by atoms with E-state index in [-0.39, 0.29) is 0 Å². The summed E-state index contributed by atoms with van der Waals surface area (Å²) in [6.45, 7) is 7.21. The van der Waals surface area contributed by atoms with E-state index >= 15 is 0 Å². The van der Waals surface area contributed by atoms with E-state index in [9.17, 15) is 0 Å². The molecular weight excluding hydrogens is 234 g/mol. The van der Waals surface area contributed by atoms with Crippen molar-refractivity contribution in [1.82, 2.24) is 0 Å². The van der Waals surface area contributed by atoms with Crippen LogP contribution in [0.15, 0.2) is 3.79 Å². The minimum Gasteiger partial charge on any atom is -0.326 e. The number of halogens is 1. The van der Waals surface area contributed by atoms with E-state index in [0.29, 0.717) is 12.5 Å². The first-order chi connectivity index (χ1) is 5.57. The van der Waals surface area contributed by atoms with Crippen molar-refractivity contribution in [2.75, 3.05) is 0 Å². The molecule has 1 aromatic rings. The van der Waals surface area contributed by atoms with Gasteiger partial charge in [-0.1, -0.05) is 13.8 Å². The topological polar surface area (TPSA) is 26.0 Å². The lowest BCUT2D eigenvalue weighted by molar-refractivity contribution is 0.838. The molecule has 0 saturated heterocycles. The molecule has 0 aliphatic rings. The molecule has 0 fully saturated rings. The molecular formula is C9H14BrNS. The summed E-state index contributed by atoms with van der Waals surface area (Å²) in [7, 11) is 0. The first-order valence-corrected chi connectivity index (χ1v) is 5.66. The first kappa shape index (κ1) is 10.2. The van der Waals surface area contributed by atoms with Crippen LogP contribution in [0.25, 0.3) is 0 Å². The van der Waals surface area contributed by atoms with Crippen LogP contribution in [0.3, 0.4) is 0 Å². The minimum absolute atomic E-state index is 0.575. The van der Waals surface area contributed by atoms with Crippen molar-refractivity contribution in [1.29, 1.82) is 0 Å². The van der Waals surface area contributed by atoms with Crippen LogP contribution in [0.1, 0.15) is 35.8 Å². The molecule has 0 radical (unpaired) electrons. The van der Waals surface area contributed by atoms with Crippen molar-refractivity contribution in [2.45, 2.75) is 33.2 Å². The van der Waals surface area contributed by atoms with Crippen LogP contribution < -0.4 is 5.73 Å². The Labute approximate surface area is 86.1 Å². The fourth-order valence-corrected chi connectivity index (χ4v) is 3.67. The number of thiophene rings is 1. The van der Waals surface area contributed by atoms with E-state index in [1.165, 1.54) is 19.8 Å². The Hall–Kier alpha value is 0.140. The van der Waals surface area contributed by atoms with Crippen LogP contribution in [-0.2, 0) is 6.54 Å². The normalized spacial score (nSPS) is 11.2. The summed E-state index contributed by atoms with van der Waals surface area (Å²) in [6.07, 6.45) is 0. The molecule has 0 amide bonds. The number of hydrogen-bond donors (Lipinski definition) is 1. The molecule has 1 aromatic heterocycles. The van der Waals surface area contributed by atoms with Gasteiger partial charge in [-0.2, -0.15) is 0 Å². The Balaban J connectivity index is 3.23. The summed E-state index contributed by atoms with van der Waals surface area (Å²) < 4.78 is 1.20. The molecule has 1 nitrogen and oxygen atoms in total. The van der Waals surface area contributed by atoms with Gasteiger partial charge in [0.05, 0.1) is 3.79 Å². The van der Waals surface area contributed by atoms with Gasteiger partial charge < -0.3 is 5.73 Å². The maximum atomic E-state index is 5.68. The summed E-state index contributed by atoms with van der Waals surface area (Å²) in [4.78, 5) is 1.39. The lowest BCUT2D eigenvalue weighted by Gasteiger charge is -2.07. The molecule has 1 heterocycles. The molecule has 0 aliphatic carbocycles. The second-order valence-corrected chi connectivity index (χ2v) is 5.73. The second kappa shape index (κ2) is 3.90. The fourth-order valence-electron chi connectivity index (χ4n) is 1.51. The van der Waals surface area contributed by atoms with Crippen LogP contribution in [0.2, 0.25) is 0 Å². The van der Waals surface area contributed by atoms with Crippen molar-refractivity contribution in [3.05, 3.63) is 19.8 Å². The van der Waals surface area contributed by atoms with Gasteiger partial charge in [0.1, 0.15) is 0 Å². The lowest BCUT2D eigenvalue weighted by Crippen LogP contribution is -2.01. The quantitative estimate of drug-likeness (QED) is 0.852. The van der Waals surface area contributed by atoms with Gasteiger partial charge in [-0.25, -0.2) is 0 Å². The molecule has 0 atom stereocenters. The van der Waals surface area contributed by atoms with Crippen LogP contribution in [0.5, 0.6) is 0 Å². The predicted octanol–water partition coefficient (Wildman–Crippen LogP) is 3.40. The van der Waals surface area contributed by atoms with E-state index in [1.54, 1.807) is 11.3 Å². The van der Waals surface area contributed by atoms with Crippen molar-refractivity contribution in [3.63, 3.8) is 0 Å². The number of rotatable bonds is 2. The minimum atomic E-state index is 0.575. The van der Waals surface area contributed by atoms with E-state index < -0.39 is 0 Å². The smallest absolute Gasteiger partial charge is 0.0749 e. The summed E-state index contributed by atoms with van der Waals surface area (Å²) >= 11 is 5.32. The van der Waals surface area contributed by atoms with Crippen LogP contribution in [-0.4, -0.2) is 0 Å². The maximum Gasteiger partial charge on any atom is 0.0749 e. The highest BCUT2D eigenvalue weighted by atomic mass is 79.9. The standard InChI is InChI=1S/C9H14BrNS/c1-5(2)8-6(3)12-9(10)7(8)4-11/h5H,4,11H2,1-3H3. The van der Waals surface area contributed by atoms with E-state index in [4.69, 9.17) is 5.73 Å². The molecule has 0 aliphatic heterocycles. The van der Waals surface area contributed by atoms with Crippen molar-refractivity contribution >= 4 is 27.3 Å². The van der Waals surface area contributed by atoms with Gasteiger partial charge in [-0.15, -0.1) is 11.3 Å². The molecule has 68 valence electrons. The maximum absolute atomic E-state index is 5.68. The van der Waals surface area contributed by atoms with Crippen molar-refractivity contribution in [2.24, 2.45) is 5.73 Å². The van der Waals surface area contributed by atoms with Crippen LogP contribution in [0, 0.1) is 6.92 Å².